The highest BCUT2D eigenvalue weighted by Gasteiger charge is 2.39. The third-order valence-electron chi connectivity index (χ3n) is 4.59. The van der Waals surface area contributed by atoms with Crippen LogP contribution in [-0.4, -0.2) is 43.3 Å². The normalized spacial score (nSPS) is 12.8. The van der Waals surface area contributed by atoms with Crippen molar-refractivity contribution in [2.75, 3.05) is 6.54 Å². The quantitative estimate of drug-likeness (QED) is 0.460. The van der Waals surface area contributed by atoms with Crippen LogP contribution in [0, 0.1) is 11.3 Å². The zero-order valence-corrected chi connectivity index (χ0v) is 17.8. The Kier molecular flexibility index (Phi) is 6.83. The molecule has 2 aromatic heterocycles. The number of halogens is 7. The summed E-state index contributed by atoms with van der Waals surface area (Å²) in [4.78, 5) is 21.2. The largest absolute Gasteiger partial charge is 0.416 e. The van der Waals surface area contributed by atoms with E-state index in [1.165, 1.54) is 25.3 Å². The van der Waals surface area contributed by atoms with Crippen molar-refractivity contribution in [3.63, 3.8) is 0 Å². The number of hydrogen-bond donors (Lipinski definition) is 0. The summed E-state index contributed by atoms with van der Waals surface area (Å²) < 4.78 is 80.6. The van der Waals surface area contributed by atoms with E-state index in [0.717, 1.165) is 17.1 Å². The summed E-state index contributed by atoms with van der Waals surface area (Å²) in [6, 6.07) is 5.05. The molecule has 0 radical (unpaired) electrons. The van der Waals surface area contributed by atoms with Crippen LogP contribution in [0.2, 0.25) is 5.02 Å². The molecule has 0 fully saturated rings. The molecular weight excluding hydrogens is 490 g/mol. The van der Waals surface area contributed by atoms with Gasteiger partial charge in [0.1, 0.15) is 18.9 Å². The van der Waals surface area contributed by atoms with Gasteiger partial charge in [0.15, 0.2) is 11.6 Å². The summed E-state index contributed by atoms with van der Waals surface area (Å²) in [6.07, 6.45) is -7.54. The van der Waals surface area contributed by atoms with Crippen LogP contribution in [-0.2, 0) is 6.18 Å². The van der Waals surface area contributed by atoms with Crippen molar-refractivity contribution in [2.45, 2.75) is 25.3 Å². The molecule has 2 heterocycles. The molecule has 0 aliphatic heterocycles. The smallest absolute Gasteiger partial charge is 0.320 e. The lowest BCUT2D eigenvalue weighted by Crippen LogP contribution is -2.41. The van der Waals surface area contributed by atoms with Crippen molar-refractivity contribution in [3.8, 4) is 11.9 Å². The van der Waals surface area contributed by atoms with Gasteiger partial charge in [-0.15, -0.1) is 0 Å². The molecule has 1 unspecified atom stereocenters. The molecule has 34 heavy (non-hydrogen) atoms. The van der Waals surface area contributed by atoms with E-state index < -0.39 is 47.0 Å². The Hall–Kier alpha value is -3.66. The molecule has 1 atom stereocenters. The van der Waals surface area contributed by atoms with E-state index in [1.807, 2.05) is 6.07 Å². The second kappa shape index (κ2) is 9.30. The van der Waals surface area contributed by atoms with Crippen molar-refractivity contribution in [1.82, 2.24) is 24.6 Å². The first-order valence-corrected chi connectivity index (χ1v) is 9.70. The molecule has 0 aliphatic carbocycles. The topological polar surface area (TPSA) is 87.7 Å². The van der Waals surface area contributed by atoms with E-state index in [2.05, 4.69) is 15.1 Å². The van der Waals surface area contributed by atoms with Crippen molar-refractivity contribution in [3.05, 3.63) is 70.4 Å². The van der Waals surface area contributed by atoms with Gasteiger partial charge < -0.3 is 4.90 Å². The Morgan fingerprint density at radius 3 is 2.44 bits per heavy atom. The molecule has 0 saturated carbocycles. The molecule has 7 nitrogen and oxygen atoms in total. The highest BCUT2D eigenvalue weighted by molar-refractivity contribution is 6.31. The third kappa shape index (κ3) is 5.63. The van der Waals surface area contributed by atoms with Crippen LogP contribution in [0.25, 0.3) is 5.82 Å². The highest BCUT2D eigenvalue weighted by Crippen LogP contribution is 2.33. The second-order valence-corrected chi connectivity index (χ2v) is 7.43. The molecule has 0 spiro atoms. The van der Waals surface area contributed by atoms with Crippen molar-refractivity contribution in [1.29, 1.82) is 5.26 Å². The summed E-state index contributed by atoms with van der Waals surface area (Å²) in [5, 5.41) is 12.3. The van der Waals surface area contributed by atoms with Gasteiger partial charge in [0.25, 0.3) is 5.91 Å². The zero-order chi connectivity index (χ0) is 25.3. The van der Waals surface area contributed by atoms with E-state index in [-0.39, 0.29) is 17.2 Å². The maximum absolute atomic E-state index is 13.4. The Morgan fingerprint density at radius 1 is 1.18 bits per heavy atom. The average molecular weight is 503 g/mol. The van der Waals surface area contributed by atoms with Crippen LogP contribution in [0.5, 0.6) is 0 Å². The third-order valence-corrected chi connectivity index (χ3v) is 4.81. The molecule has 0 aliphatic rings. The number of rotatable bonds is 5. The maximum Gasteiger partial charge on any atom is 0.416 e. The van der Waals surface area contributed by atoms with E-state index in [9.17, 15) is 31.1 Å². The number of amides is 1. The summed E-state index contributed by atoms with van der Waals surface area (Å²) in [5.41, 5.74) is -1.75. The summed E-state index contributed by atoms with van der Waals surface area (Å²) >= 11 is 5.70. The van der Waals surface area contributed by atoms with Gasteiger partial charge in [-0.25, -0.2) is 9.97 Å². The van der Waals surface area contributed by atoms with Crippen LogP contribution >= 0.6 is 11.6 Å². The minimum absolute atomic E-state index is 0.0971. The van der Waals surface area contributed by atoms with Crippen LogP contribution in [0.4, 0.5) is 26.3 Å². The van der Waals surface area contributed by atoms with Crippen LogP contribution < -0.4 is 0 Å². The number of hydrogen-bond acceptors (Lipinski definition) is 5. The molecule has 1 amide bonds. The van der Waals surface area contributed by atoms with Gasteiger partial charge in [-0.2, -0.15) is 41.4 Å². The molecule has 0 N–H and O–H groups in total. The Bertz CT molecular complexity index is 1230. The lowest BCUT2D eigenvalue weighted by Gasteiger charge is -2.30. The van der Waals surface area contributed by atoms with Crippen LogP contribution in [0.15, 0.2) is 42.9 Å². The molecule has 178 valence electrons. The monoisotopic (exact) mass is 502 g/mol. The van der Waals surface area contributed by atoms with Gasteiger partial charge in [-0.1, -0.05) is 11.6 Å². The molecule has 1 aromatic carbocycles. The number of carbonyl (C=O) groups excluding carboxylic acids is 1. The SMILES string of the molecule is CC(c1ncnn1-c1ccc(C#N)cn1)N(CC(F)(F)F)C(=O)c1cc(Cl)cc(C(F)(F)F)c1. The number of pyridine rings is 1. The zero-order valence-electron chi connectivity index (χ0n) is 17.1. The standard InChI is InChI=1S/C20H13ClF6N6O/c1-11(17-30-10-31-33(17)16-3-2-12(7-28)8-29-16)32(9-19(22,23)24)18(34)13-4-14(20(25,26)27)6-15(21)5-13/h2-6,8,10-11H,9H2,1H3. The van der Waals surface area contributed by atoms with Crippen molar-refractivity contribution in [2.24, 2.45) is 0 Å². The van der Waals surface area contributed by atoms with Crippen molar-refractivity contribution >= 4 is 17.5 Å². The summed E-state index contributed by atoms with van der Waals surface area (Å²) in [5.74, 6) is -1.40. The van der Waals surface area contributed by atoms with Crippen LogP contribution in [0.1, 0.15) is 40.3 Å². The first kappa shape index (κ1) is 25.0. The summed E-state index contributed by atoms with van der Waals surface area (Å²) in [7, 11) is 0. The maximum atomic E-state index is 13.4. The van der Waals surface area contributed by atoms with Gasteiger partial charge in [-0.05, 0) is 37.3 Å². The molecular formula is C20H13ClF6N6O. The number of benzene rings is 1. The lowest BCUT2D eigenvalue weighted by molar-refractivity contribution is -0.145. The van der Waals surface area contributed by atoms with E-state index in [0.29, 0.717) is 17.0 Å². The minimum Gasteiger partial charge on any atom is -0.320 e. The summed E-state index contributed by atoms with van der Waals surface area (Å²) in [6.45, 7) is -0.572. The Labute approximate surface area is 193 Å². The average Bonchev–Trinajstić information content (AvgIpc) is 3.25. The van der Waals surface area contributed by atoms with Gasteiger partial charge in [0.2, 0.25) is 0 Å². The molecule has 0 bridgehead atoms. The number of nitrogens with zero attached hydrogens (tertiary/aromatic N) is 6. The van der Waals surface area contributed by atoms with E-state index in [4.69, 9.17) is 16.9 Å². The van der Waals surface area contributed by atoms with Gasteiger partial charge >= 0.3 is 12.4 Å². The first-order valence-electron chi connectivity index (χ1n) is 9.32. The highest BCUT2D eigenvalue weighted by atomic mass is 35.5. The molecule has 3 rings (SSSR count). The number of nitriles is 1. The van der Waals surface area contributed by atoms with E-state index in [1.54, 1.807) is 0 Å². The number of alkyl halides is 6. The number of carbonyl (C=O) groups is 1. The predicted molar refractivity (Wildman–Crippen MR) is 106 cm³/mol. The second-order valence-electron chi connectivity index (χ2n) is 7.00. The van der Waals surface area contributed by atoms with Crippen molar-refractivity contribution < 1.29 is 31.1 Å². The molecule has 3 aromatic rings. The Morgan fingerprint density at radius 2 is 1.88 bits per heavy atom. The predicted octanol–water partition coefficient (Wildman–Crippen LogP) is 4.97. The lowest BCUT2D eigenvalue weighted by atomic mass is 10.1. The fourth-order valence-electron chi connectivity index (χ4n) is 3.05. The fourth-order valence-corrected chi connectivity index (χ4v) is 3.28. The first-order chi connectivity index (χ1) is 15.8. The minimum atomic E-state index is -4.88. The van der Waals surface area contributed by atoms with Gasteiger partial charge in [0.05, 0.1) is 17.2 Å². The van der Waals surface area contributed by atoms with E-state index >= 15 is 0 Å². The Balaban J connectivity index is 2.04. The van der Waals surface area contributed by atoms with Gasteiger partial charge in [0, 0.05) is 16.8 Å². The molecule has 14 heteroatoms. The molecule has 0 saturated heterocycles. The van der Waals surface area contributed by atoms with Crippen LogP contribution in [0.3, 0.4) is 0 Å². The fraction of sp³-hybridized carbons (Fsp3) is 0.250. The van der Waals surface area contributed by atoms with Gasteiger partial charge in [-0.3, -0.25) is 4.79 Å². The number of aromatic nitrogens is 4.